The predicted octanol–water partition coefficient (Wildman–Crippen LogP) is 3.62. The first-order valence-electron chi connectivity index (χ1n) is 8.62. The topological polar surface area (TPSA) is 78.5 Å². The molecule has 0 saturated carbocycles. The third-order valence-electron chi connectivity index (χ3n) is 4.27. The molecule has 26 heavy (non-hydrogen) atoms. The summed E-state index contributed by atoms with van der Waals surface area (Å²) in [5.74, 6) is 1.61. The van der Waals surface area contributed by atoms with Crippen molar-refractivity contribution in [2.45, 2.75) is 13.0 Å². The minimum Gasteiger partial charge on any atom is -0.370 e. The molecule has 3 heterocycles. The van der Waals surface area contributed by atoms with Crippen molar-refractivity contribution >= 4 is 22.5 Å². The molecule has 4 aromatic rings. The molecule has 6 nitrogen and oxygen atoms in total. The molecule has 0 atom stereocenters. The molecule has 0 amide bonds. The number of hydrogen-bond acceptors (Lipinski definition) is 5. The molecule has 0 bridgehead atoms. The van der Waals surface area contributed by atoms with Crippen LogP contribution in [0.4, 0.5) is 11.6 Å². The molecule has 0 spiro atoms. The standard InChI is InChI=1S/C20H20N6/c1-2-4-18-17(3-1)16(13-23-18)7-10-22-19-11-20(26-14-25-19)24-12-15-5-8-21-9-6-15/h1-6,8-9,11,13-14,23H,7,10,12H2,(H2,22,24,25,26). The first kappa shape index (κ1) is 16.1. The molecule has 0 unspecified atom stereocenters. The number of hydrogen-bond donors (Lipinski definition) is 3. The van der Waals surface area contributed by atoms with Crippen LogP contribution in [0.3, 0.4) is 0 Å². The fourth-order valence-corrected chi connectivity index (χ4v) is 2.91. The largest absolute Gasteiger partial charge is 0.370 e. The van der Waals surface area contributed by atoms with E-state index < -0.39 is 0 Å². The quantitative estimate of drug-likeness (QED) is 0.477. The van der Waals surface area contributed by atoms with Crippen molar-refractivity contribution in [3.8, 4) is 0 Å². The van der Waals surface area contributed by atoms with Crippen LogP contribution in [0.25, 0.3) is 10.9 Å². The van der Waals surface area contributed by atoms with Crippen molar-refractivity contribution < 1.29 is 0 Å². The number of anilines is 2. The van der Waals surface area contributed by atoms with Crippen LogP contribution < -0.4 is 10.6 Å². The van der Waals surface area contributed by atoms with Gasteiger partial charge in [-0.1, -0.05) is 18.2 Å². The number of nitrogens with zero attached hydrogens (tertiary/aromatic N) is 3. The van der Waals surface area contributed by atoms with Gasteiger partial charge in [-0.25, -0.2) is 9.97 Å². The van der Waals surface area contributed by atoms with Crippen LogP contribution in [-0.4, -0.2) is 26.5 Å². The molecule has 3 aromatic heterocycles. The van der Waals surface area contributed by atoms with E-state index in [9.17, 15) is 0 Å². The van der Waals surface area contributed by atoms with Gasteiger partial charge in [0.05, 0.1) is 0 Å². The summed E-state index contributed by atoms with van der Waals surface area (Å²) in [5, 5.41) is 7.95. The predicted molar refractivity (Wildman–Crippen MR) is 104 cm³/mol. The van der Waals surface area contributed by atoms with Crippen molar-refractivity contribution in [1.82, 2.24) is 19.9 Å². The number of aromatic nitrogens is 4. The van der Waals surface area contributed by atoms with E-state index in [0.717, 1.165) is 30.2 Å². The van der Waals surface area contributed by atoms with Crippen LogP contribution in [0.2, 0.25) is 0 Å². The van der Waals surface area contributed by atoms with E-state index in [1.807, 2.05) is 24.3 Å². The lowest BCUT2D eigenvalue weighted by Crippen LogP contribution is -2.08. The minimum atomic E-state index is 0.703. The van der Waals surface area contributed by atoms with Gasteiger partial charge < -0.3 is 15.6 Å². The lowest BCUT2D eigenvalue weighted by atomic mass is 10.1. The van der Waals surface area contributed by atoms with Gasteiger partial charge in [0, 0.05) is 48.6 Å². The van der Waals surface area contributed by atoms with Crippen LogP contribution in [0.1, 0.15) is 11.1 Å². The zero-order valence-corrected chi connectivity index (χ0v) is 14.3. The van der Waals surface area contributed by atoms with Gasteiger partial charge >= 0.3 is 0 Å². The maximum atomic E-state index is 4.30. The molecule has 3 N–H and O–H groups in total. The second-order valence-electron chi connectivity index (χ2n) is 6.03. The highest BCUT2D eigenvalue weighted by Gasteiger charge is 2.03. The highest BCUT2D eigenvalue weighted by Crippen LogP contribution is 2.18. The number of rotatable bonds is 7. The molecule has 4 rings (SSSR count). The maximum absolute atomic E-state index is 4.30. The minimum absolute atomic E-state index is 0.703. The Morgan fingerprint density at radius 2 is 1.73 bits per heavy atom. The first-order valence-corrected chi connectivity index (χ1v) is 8.62. The number of aromatic amines is 1. The monoisotopic (exact) mass is 344 g/mol. The number of nitrogens with one attached hydrogen (secondary N) is 3. The summed E-state index contributed by atoms with van der Waals surface area (Å²) >= 11 is 0. The average Bonchev–Trinajstić information content (AvgIpc) is 3.11. The fraction of sp³-hybridized carbons (Fsp3) is 0.150. The highest BCUT2D eigenvalue weighted by atomic mass is 15.1. The first-order chi connectivity index (χ1) is 12.9. The van der Waals surface area contributed by atoms with Crippen LogP contribution in [-0.2, 0) is 13.0 Å². The number of pyridine rings is 1. The molecular weight excluding hydrogens is 324 g/mol. The lowest BCUT2D eigenvalue weighted by molar-refractivity contribution is 1.00. The van der Waals surface area contributed by atoms with Crippen LogP contribution in [0.5, 0.6) is 0 Å². The molecule has 0 aliphatic heterocycles. The van der Waals surface area contributed by atoms with Gasteiger partial charge in [0.15, 0.2) is 0 Å². The average molecular weight is 344 g/mol. The van der Waals surface area contributed by atoms with Gasteiger partial charge in [-0.05, 0) is 35.7 Å². The van der Waals surface area contributed by atoms with Crippen molar-refractivity contribution in [3.05, 3.63) is 78.5 Å². The maximum Gasteiger partial charge on any atom is 0.131 e. The van der Waals surface area contributed by atoms with Crippen molar-refractivity contribution in [1.29, 1.82) is 0 Å². The summed E-state index contributed by atoms with van der Waals surface area (Å²) in [6.45, 7) is 1.51. The molecule has 0 saturated heterocycles. The van der Waals surface area contributed by atoms with Crippen LogP contribution in [0.15, 0.2) is 67.4 Å². The number of fused-ring (bicyclic) bond motifs is 1. The van der Waals surface area contributed by atoms with E-state index >= 15 is 0 Å². The molecule has 0 aliphatic rings. The van der Waals surface area contributed by atoms with E-state index in [1.165, 1.54) is 16.5 Å². The zero-order chi connectivity index (χ0) is 17.6. The Balaban J connectivity index is 1.33. The Hall–Kier alpha value is -3.41. The third kappa shape index (κ3) is 3.80. The van der Waals surface area contributed by atoms with E-state index in [0.29, 0.717) is 6.54 Å². The molecule has 130 valence electrons. The number of H-pyrrole nitrogens is 1. The Morgan fingerprint density at radius 3 is 2.62 bits per heavy atom. The zero-order valence-electron chi connectivity index (χ0n) is 14.3. The second-order valence-corrected chi connectivity index (χ2v) is 6.03. The SMILES string of the molecule is c1ccc2c(CCNc3cc(NCc4ccncc4)ncn3)c[nH]c2c1. The van der Waals surface area contributed by atoms with Gasteiger partial charge in [0.2, 0.25) is 0 Å². The summed E-state index contributed by atoms with van der Waals surface area (Å²) in [6, 6.07) is 14.2. The summed E-state index contributed by atoms with van der Waals surface area (Å²) in [7, 11) is 0. The van der Waals surface area contributed by atoms with Crippen LogP contribution >= 0.6 is 0 Å². The molecule has 6 heteroatoms. The van der Waals surface area contributed by atoms with Crippen molar-refractivity contribution in [2.24, 2.45) is 0 Å². The molecule has 0 radical (unpaired) electrons. The molecule has 1 aromatic carbocycles. The summed E-state index contributed by atoms with van der Waals surface area (Å²) < 4.78 is 0. The molecule has 0 aliphatic carbocycles. The Labute approximate surface area is 151 Å². The Morgan fingerprint density at radius 1 is 0.923 bits per heavy atom. The van der Waals surface area contributed by atoms with Gasteiger partial charge in [-0.3, -0.25) is 4.98 Å². The third-order valence-corrected chi connectivity index (χ3v) is 4.27. The van der Waals surface area contributed by atoms with Crippen molar-refractivity contribution in [3.63, 3.8) is 0 Å². The molecular formula is C20H20N6. The van der Waals surface area contributed by atoms with Gasteiger partial charge in [0.1, 0.15) is 18.0 Å². The van der Waals surface area contributed by atoms with Gasteiger partial charge in [-0.2, -0.15) is 0 Å². The lowest BCUT2D eigenvalue weighted by Gasteiger charge is -2.08. The smallest absolute Gasteiger partial charge is 0.131 e. The summed E-state index contributed by atoms with van der Waals surface area (Å²) in [4.78, 5) is 15.9. The number of benzene rings is 1. The van der Waals surface area contributed by atoms with Gasteiger partial charge in [0.25, 0.3) is 0 Å². The Bertz CT molecular complexity index is 980. The highest BCUT2D eigenvalue weighted by molar-refractivity contribution is 5.83. The van der Waals surface area contributed by atoms with E-state index in [1.54, 1.807) is 18.7 Å². The van der Waals surface area contributed by atoms with Crippen molar-refractivity contribution in [2.75, 3.05) is 17.2 Å². The van der Waals surface area contributed by atoms with Gasteiger partial charge in [-0.15, -0.1) is 0 Å². The summed E-state index contributed by atoms with van der Waals surface area (Å²) in [5.41, 5.74) is 3.64. The second kappa shape index (κ2) is 7.65. The van der Waals surface area contributed by atoms with Crippen LogP contribution in [0, 0.1) is 0 Å². The van der Waals surface area contributed by atoms with E-state index in [2.05, 4.69) is 55.0 Å². The van der Waals surface area contributed by atoms with E-state index in [-0.39, 0.29) is 0 Å². The summed E-state index contributed by atoms with van der Waals surface area (Å²) in [6.07, 6.45) is 8.15. The number of para-hydroxylation sites is 1. The fourth-order valence-electron chi connectivity index (χ4n) is 2.91. The Kier molecular flexibility index (Phi) is 4.73. The van der Waals surface area contributed by atoms with E-state index in [4.69, 9.17) is 0 Å². The molecule has 0 fully saturated rings. The normalized spacial score (nSPS) is 10.8.